The Morgan fingerprint density at radius 3 is 2.24 bits per heavy atom. The Bertz CT molecular complexity index is 293. The van der Waals surface area contributed by atoms with Gasteiger partial charge in [-0.2, -0.15) is 0 Å². The van der Waals surface area contributed by atoms with E-state index in [0.717, 1.165) is 12.8 Å². The molecule has 0 bridgehead atoms. The van der Waals surface area contributed by atoms with Crippen LogP contribution in [-0.4, -0.2) is 18.9 Å². The van der Waals surface area contributed by atoms with Crippen molar-refractivity contribution in [3.8, 4) is 0 Å². The molecule has 1 aliphatic rings. The Morgan fingerprint density at radius 1 is 1.29 bits per heavy atom. The zero-order chi connectivity index (χ0) is 13.2. The molecule has 0 saturated heterocycles. The van der Waals surface area contributed by atoms with Gasteiger partial charge in [0.1, 0.15) is 0 Å². The first-order chi connectivity index (χ1) is 7.88. The highest BCUT2D eigenvalue weighted by molar-refractivity contribution is 6.36. The molecule has 1 nitrogen and oxygen atoms in total. The van der Waals surface area contributed by atoms with Gasteiger partial charge in [0, 0.05) is 6.00 Å². The molecule has 1 radical (unpaired) electrons. The smallest absolute Gasteiger partial charge is 0.151 e. The predicted octanol–water partition coefficient (Wildman–Crippen LogP) is 4.26. The number of hydrogen-bond donors (Lipinski definition) is 0. The lowest BCUT2D eigenvalue weighted by Crippen LogP contribution is -2.36. The highest BCUT2D eigenvalue weighted by Gasteiger charge is 2.44. The molecular weight excluding hydrogens is 207 g/mol. The lowest BCUT2D eigenvalue weighted by molar-refractivity contribution is -0.0230. The normalized spacial score (nSPS) is 29.6. The zero-order valence-corrected chi connectivity index (χ0v) is 12.6. The number of ether oxygens (including phenoxy) is 1. The second-order valence-corrected chi connectivity index (χ2v) is 6.07. The Kier molecular flexibility index (Phi) is 4.89. The first-order valence-electron chi connectivity index (χ1n) is 7.06. The van der Waals surface area contributed by atoms with Gasteiger partial charge < -0.3 is 4.74 Å². The fraction of sp³-hybridized carbons (Fsp3) is 0.867. The van der Waals surface area contributed by atoms with Crippen molar-refractivity contribution in [1.82, 2.24) is 0 Å². The SMILES string of the molecule is C[B]C1OC(CC)(CC(C)C)C(C(C)C)=C1C. The second kappa shape index (κ2) is 5.60. The van der Waals surface area contributed by atoms with E-state index in [1.165, 1.54) is 5.57 Å². The average Bonchev–Trinajstić information content (AvgIpc) is 2.50. The van der Waals surface area contributed by atoms with Crippen molar-refractivity contribution in [3.63, 3.8) is 0 Å². The first-order valence-corrected chi connectivity index (χ1v) is 7.06. The maximum Gasteiger partial charge on any atom is 0.151 e. The summed E-state index contributed by atoms with van der Waals surface area (Å²) in [6, 6.07) is 0.228. The van der Waals surface area contributed by atoms with Crippen molar-refractivity contribution in [2.75, 3.05) is 0 Å². The Hall–Kier alpha value is -0.235. The molecule has 0 fully saturated rings. The molecule has 0 saturated carbocycles. The van der Waals surface area contributed by atoms with Gasteiger partial charge in [-0.3, -0.25) is 0 Å². The maximum absolute atomic E-state index is 6.41. The summed E-state index contributed by atoms with van der Waals surface area (Å²) in [6.45, 7) is 15.8. The third-order valence-corrected chi connectivity index (χ3v) is 3.88. The third-order valence-electron chi connectivity index (χ3n) is 3.88. The maximum atomic E-state index is 6.41. The lowest BCUT2D eigenvalue weighted by atomic mass is 9.70. The molecule has 1 aliphatic heterocycles. The fourth-order valence-electron chi connectivity index (χ4n) is 3.44. The molecule has 0 aromatic carbocycles. The molecule has 17 heavy (non-hydrogen) atoms. The number of hydrogen-bond acceptors (Lipinski definition) is 1. The van der Waals surface area contributed by atoms with Gasteiger partial charge in [0.2, 0.25) is 0 Å². The van der Waals surface area contributed by atoms with Gasteiger partial charge in [-0.15, -0.1) is 0 Å². The van der Waals surface area contributed by atoms with E-state index in [2.05, 4.69) is 55.6 Å². The Labute approximate surface area is 108 Å². The summed E-state index contributed by atoms with van der Waals surface area (Å²) >= 11 is 0. The molecule has 97 valence electrons. The van der Waals surface area contributed by atoms with Crippen LogP contribution in [0.1, 0.15) is 54.4 Å². The topological polar surface area (TPSA) is 9.23 Å². The van der Waals surface area contributed by atoms with Crippen molar-refractivity contribution in [2.24, 2.45) is 11.8 Å². The standard InChI is InChI=1S/C15H28BO/c1-8-15(9-10(2)3)13(11(4)5)12(6)14(16-7)17-15/h10-11,14H,8-9H2,1-7H3. The van der Waals surface area contributed by atoms with Gasteiger partial charge in [-0.25, -0.2) is 0 Å². The van der Waals surface area contributed by atoms with Crippen molar-refractivity contribution in [2.45, 2.75) is 72.8 Å². The van der Waals surface area contributed by atoms with E-state index < -0.39 is 0 Å². The summed E-state index contributed by atoms with van der Waals surface area (Å²) < 4.78 is 6.41. The van der Waals surface area contributed by atoms with Gasteiger partial charge in [0.05, 0.1) is 5.60 Å². The van der Waals surface area contributed by atoms with Crippen LogP contribution in [0, 0.1) is 11.8 Å². The van der Waals surface area contributed by atoms with E-state index in [0.29, 0.717) is 11.8 Å². The molecule has 1 rings (SSSR count). The molecular formula is C15H28BO. The van der Waals surface area contributed by atoms with E-state index >= 15 is 0 Å². The summed E-state index contributed by atoms with van der Waals surface area (Å²) in [5, 5.41) is 0. The molecule has 2 heteroatoms. The fourth-order valence-corrected chi connectivity index (χ4v) is 3.44. The van der Waals surface area contributed by atoms with Gasteiger partial charge in [0.15, 0.2) is 7.28 Å². The molecule has 2 atom stereocenters. The molecule has 0 spiro atoms. The molecule has 0 amide bonds. The Balaban J connectivity index is 3.13. The molecule has 0 aromatic rings. The van der Waals surface area contributed by atoms with Gasteiger partial charge in [0.25, 0.3) is 0 Å². The van der Waals surface area contributed by atoms with Crippen LogP contribution in [0.3, 0.4) is 0 Å². The number of rotatable bonds is 5. The zero-order valence-electron chi connectivity index (χ0n) is 12.6. The van der Waals surface area contributed by atoms with Crippen LogP contribution in [0.5, 0.6) is 0 Å². The second-order valence-electron chi connectivity index (χ2n) is 6.07. The highest BCUT2D eigenvalue weighted by Crippen LogP contribution is 2.45. The largest absolute Gasteiger partial charge is 0.372 e. The van der Waals surface area contributed by atoms with Crippen LogP contribution >= 0.6 is 0 Å². The molecule has 0 aromatic heterocycles. The van der Waals surface area contributed by atoms with Crippen molar-refractivity contribution < 1.29 is 4.74 Å². The van der Waals surface area contributed by atoms with Crippen molar-refractivity contribution in [1.29, 1.82) is 0 Å². The summed E-state index contributed by atoms with van der Waals surface area (Å²) in [7, 11) is 2.19. The van der Waals surface area contributed by atoms with Gasteiger partial charge >= 0.3 is 0 Å². The minimum Gasteiger partial charge on any atom is -0.372 e. The predicted molar refractivity (Wildman–Crippen MR) is 76.5 cm³/mol. The van der Waals surface area contributed by atoms with E-state index in [1.54, 1.807) is 5.57 Å². The lowest BCUT2D eigenvalue weighted by Gasteiger charge is -2.35. The molecule has 0 aliphatic carbocycles. The van der Waals surface area contributed by atoms with Crippen molar-refractivity contribution in [3.05, 3.63) is 11.1 Å². The minimum absolute atomic E-state index is 0.0103. The van der Waals surface area contributed by atoms with Crippen LogP contribution in [-0.2, 0) is 4.74 Å². The molecule has 2 unspecified atom stereocenters. The quantitative estimate of drug-likeness (QED) is 0.511. The van der Waals surface area contributed by atoms with Crippen LogP contribution in [0.4, 0.5) is 0 Å². The van der Waals surface area contributed by atoms with Gasteiger partial charge in [-0.05, 0) is 37.2 Å². The summed E-state index contributed by atoms with van der Waals surface area (Å²) in [6.07, 6.45) is 2.22. The molecule has 0 N–H and O–H groups in total. The Morgan fingerprint density at radius 2 is 1.88 bits per heavy atom. The van der Waals surface area contributed by atoms with E-state index in [4.69, 9.17) is 4.74 Å². The first kappa shape index (κ1) is 14.8. The summed E-state index contributed by atoms with van der Waals surface area (Å²) in [4.78, 5) is 0. The van der Waals surface area contributed by atoms with E-state index in [9.17, 15) is 0 Å². The minimum atomic E-state index is -0.0103. The molecule has 1 heterocycles. The highest BCUT2D eigenvalue weighted by atomic mass is 16.5. The van der Waals surface area contributed by atoms with Crippen LogP contribution in [0.15, 0.2) is 11.1 Å². The van der Waals surface area contributed by atoms with Crippen molar-refractivity contribution >= 4 is 7.28 Å². The van der Waals surface area contributed by atoms with E-state index in [1.807, 2.05) is 0 Å². The van der Waals surface area contributed by atoms with E-state index in [-0.39, 0.29) is 11.6 Å². The third kappa shape index (κ3) is 2.78. The average molecular weight is 235 g/mol. The summed E-state index contributed by atoms with van der Waals surface area (Å²) in [5.74, 6) is 1.26. The van der Waals surface area contributed by atoms with Gasteiger partial charge in [-0.1, -0.05) is 47.0 Å². The van der Waals surface area contributed by atoms with Crippen LogP contribution in [0.25, 0.3) is 0 Å². The summed E-state index contributed by atoms with van der Waals surface area (Å²) in [5.41, 5.74) is 2.99. The van der Waals surface area contributed by atoms with Crippen LogP contribution < -0.4 is 0 Å². The van der Waals surface area contributed by atoms with Crippen LogP contribution in [0.2, 0.25) is 6.82 Å². The monoisotopic (exact) mass is 235 g/mol.